The van der Waals surface area contributed by atoms with Crippen molar-refractivity contribution in [2.45, 2.75) is 13.0 Å². The van der Waals surface area contributed by atoms with E-state index in [1.165, 1.54) is 12.2 Å². The van der Waals surface area contributed by atoms with Crippen LogP contribution >= 0.6 is 0 Å². The Morgan fingerprint density at radius 2 is 2.38 bits per heavy atom. The molecule has 0 bridgehead atoms. The maximum atomic E-state index is 10.6. The zero-order valence-electron chi connectivity index (χ0n) is 7.40. The van der Waals surface area contributed by atoms with E-state index >= 15 is 0 Å². The van der Waals surface area contributed by atoms with E-state index in [4.69, 9.17) is 4.74 Å². The molecule has 0 N–H and O–H groups in total. The van der Waals surface area contributed by atoms with E-state index in [-0.39, 0.29) is 11.8 Å². The SMILES string of the molecule is C=C/C=C(\C(=C/C)C1CO1)[N+](=O)[O-]. The Labute approximate surface area is 76.4 Å². The number of hydrogen-bond acceptors (Lipinski definition) is 3. The third-order valence-electron chi connectivity index (χ3n) is 1.76. The number of allylic oxidation sites excluding steroid dienone is 3. The maximum Gasteiger partial charge on any atom is 0.274 e. The van der Waals surface area contributed by atoms with Gasteiger partial charge >= 0.3 is 0 Å². The summed E-state index contributed by atoms with van der Waals surface area (Å²) in [6, 6.07) is 0. The Hall–Kier alpha value is -1.42. The number of epoxide rings is 1. The minimum Gasteiger partial charge on any atom is -0.368 e. The smallest absolute Gasteiger partial charge is 0.274 e. The molecule has 0 aromatic heterocycles. The number of hydrogen-bond donors (Lipinski definition) is 0. The van der Waals surface area contributed by atoms with Crippen LogP contribution in [0, 0.1) is 10.1 Å². The van der Waals surface area contributed by atoms with Gasteiger partial charge < -0.3 is 4.74 Å². The highest BCUT2D eigenvalue weighted by molar-refractivity contribution is 5.33. The predicted molar refractivity (Wildman–Crippen MR) is 48.8 cm³/mol. The maximum absolute atomic E-state index is 10.6. The third-order valence-corrected chi connectivity index (χ3v) is 1.76. The molecule has 4 nitrogen and oxygen atoms in total. The van der Waals surface area contributed by atoms with Crippen molar-refractivity contribution in [1.29, 1.82) is 0 Å². The molecule has 1 aliphatic heterocycles. The fourth-order valence-corrected chi connectivity index (χ4v) is 1.10. The van der Waals surface area contributed by atoms with E-state index in [9.17, 15) is 10.1 Å². The first kappa shape index (κ1) is 9.67. The van der Waals surface area contributed by atoms with Gasteiger partial charge in [-0.25, -0.2) is 0 Å². The van der Waals surface area contributed by atoms with Crippen LogP contribution < -0.4 is 0 Å². The fraction of sp³-hybridized carbons (Fsp3) is 0.333. The molecule has 0 amide bonds. The predicted octanol–water partition coefficient (Wildman–Crippen LogP) is 1.68. The number of nitrogens with zero attached hydrogens (tertiary/aromatic N) is 1. The second kappa shape index (κ2) is 4.00. The van der Waals surface area contributed by atoms with E-state index in [1.54, 1.807) is 13.0 Å². The monoisotopic (exact) mass is 181 g/mol. The zero-order chi connectivity index (χ0) is 9.84. The third kappa shape index (κ3) is 2.26. The molecule has 1 saturated heterocycles. The van der Waals surface area contributed by atoms with Crippen molar-refractivity contribution >= 4 is 0 Å². The van der Waals surface area contributed by atoms with Crippen molar-refractivity contribution < 1.29 is 9.66 Å². The van der Waals surface area contributed by atoms with Crippen molar-refractivity contribution in [3.63, 3.8) is 0 Å². The van der Waals surface area contributed by atoms with E-state index < -0.39 is 4.92 Å². The Balaban J connectivity index is 2.91. The molecule has 1 fully saturated rings. The first-order chi connectivity index (χ1) is 6.20. The van der Waals surface area contributed by atoms with Gasteiger partial charge in [0.2, 0.25) is 0 Å². The summed E-state index contributed by atoms with van der Waals surface area (Å²) in [5.41, 5.74) is 0.699. The van der Waals surface area contributed by atoms with E-state index in [2.05, 4.69) is 6.58 Å². The van der Waals surface area contributed by atoms with Crippen molar-refractivity contribution in [2.75, 3.05) is 6.61 Å². The molecule has 70 valence electrons. The second-order valence-electron chi connectivity index (χ2n) is 2.61. The number of ether oxygens (including phenoxy) is 1. The average Bonchev–Trinajstić information content (AvgIpc) is 2.88. The summed E-state index contributed by atoms with van der Waals surface area (Å²) >= 11 is 0. The van der Waals surface area contributed by atoms with Gasteiger partial charge in [-0.2, -0.15) is 0 Å². The highest BCUT2D eigenvalue weighted by Crippen LogP contribution is 2.26. The molecule has 0 radical (unpaired) electrons. The van der Waals surface area contributed by atoms with Gasteiger partial charge in [0.15, 0.2) is 0 Å². The van der Waals surface area contributed by atoms with Crippen LogP contribution in [0.3, 0.4) is 0 Å². The molecule has 0 spiro atoms. The zero-order valence-corrected chi connectivity index (χ0v) is 7.40. The summed E-state index contributed by atoms with van der Waals surface area (Å²) in [6.07, 6.45) is 4.40. The largest absolute Gasteiger partial charge is 0.368 e. The van der Waals surface area contributed by atoms with Crippen LogP contribution in [-0.2, 0) is 4.74 Å². The minimum absolute atomic E-state index is 0.0694. The molecule has 0 aromatic carbocycles. The highest BCUT2D eigenvalue weighted by atomic mass is 16.6. The quantitative estimate of drug-likeness (QED) is 0.287. The Kier molecular flexibility index (Phi) is 2.97. The first-order valence-electron chi connectivity index (χ1n) is 3.96. The molecule has 13 heavy (non-hydrogen) atoms. The lowest BCUT2D eigenvalue weighted by Crippen LogP contribution is -2.06. The normalized spacial score (nSPS) is 22.7. The molecule has 1 unspecified atom stereocenters. The van der Waals surface area contributed by atoms with Crippen molar-refractivity contribution in [3.8, 4) is 0 Å². The van der Waals surface area contributed by atoms with Gasteiger partial charge in [-0.05, 0) is 6.92 Å². The summed E-state index contributed by atoms with van der Waals surface area (Å²) in [4.78, 5) is 10.2. The van der Waals surface area contributed by atoms with Gasteiger partial charge in [0.1, 0.15) is 6.10 Å². The lowest BCUT2D eigenvalue weighted by Gasteiger charge is -1.98. The number of nitro groups is 1. The van der Waals surface area contributed by atoms with Crippen LogP contribution in [0.2, 0.25) is 0 Å². The lowest BCUT2D eigenvalue weighted by molar-refractivity contribution is -0.421. The first-order valence-corrected chi connectivity index (χ1v) is 3.96. The molecule has 0 saturated carbocycles. The fourth-order valence-electron chi connectivity index (χ4n) is 1.10. The van der Waals surface area contributed by atoms with Crippen LogP contribution in [0.25, 0.3) is 0 Å². The summed E-state index contributed by atoms with van der Waals surface area (Å²) < 4.78 is 4.99. The average molecular weight is 181 g/mol. The van der Waals surface area contributed by atoms with Crippen LogP contribution in [0.1, 0.15) is 6.92 Å². The molecule has 0 aliphatic carbocycles. The lowest BCUT2D eigenvalue weighted by atomic mass is 10.1. The Bertz CT molecular complexity index is 287. The number of rotatable bonds is 4. The topological polar surface area (TPSA) is 55.7 Å². The van der Waals surface area contributed by atoms with Gasteiger partial charge in [-0.1, -0.05) is 18.7 Å². The summed E-state index contributed by atoms with van der Waals surface area (Å²) in [5, 5.41) is 10.6. The van der Waals surface area contributed by atoms with E-state index in [1.807, 2.05) is 0 Å². The molecule has 0 aromatic rings. The Morgan fingerprint density at radius 3 is 2.69 bits per heavy atom. The standard InChI is InChI=1S/C9H11NO3/c1-3-5-8(10(11)12)7(4-2)9-6-13-9/h3-5,9H,1,6H2,2H3/b7-4+,8-5+. The molecule has 4 heteroatoms. The molecular formula is C9H11NO3. The van der Waals surface area contributed by atoms with Crippen LogP contribution in [0.4, 0.5) is 0 Å². The second-order valence-corrected chi connectivity index (χ2v) is 2.61. The van der Waals surface area contributed by atoms with Gasteiger partial charge in [-0.15, -0.1) is 0 Å². The van der Waals surface area contributed by atoms with Gasteiger partial charge in [0, 0.05) is 6.08 Å². The van der Waals surface area contributed by atoms with Crippen LogP contribution in [0.15, 0.2) is 36.1 Å². The summed E-state index contributed by atoms with van der Waals surface area (Å²) in [6.45, 7) is 5.76. The van der Waals surface area contributed by atoms with Crippen molar-refractivity contribution in [3.05, 3.63) is 46.2 Å². The molecular weight excluding hydrogens is 170 g/mol. The molecule has 1 aliphatic rings. The van der Waals surface area contributed by atoms with Crippen molar-refractivity contribution in [1.82, 2.24) is 0 Å². The van der Waals surface area contributed by atoms with Gasteiger partial charge in [-0.3, -0.25) is 10.1 Å². The molecule has 1 atom stereocenters. The van der Waals surface area contributed by atoms with E-state index in [0.717, 1.165) is 0 Å². The summed E-state index contributed by atoms with van der Waals surface area (Å²) in [5.74, 6) is 0. The van der Waals surface area contributed by atoms with Crippen LogP contribution in [-0.4, -0.2) is 17.6 Å². The van der Waals surface area contributed by atoms with Gasteiger partial charge in [0.25, 0.3) is 5.70 Å². The minimum atomic E-state index is -0.418. The highest BCUT2D eigenvalue weighted by Gasteiger charge is 2.33. The Morgan fingerprint density at radius 1 is 1.77 bits per heavy atom. The molecule has 1 heterocycles. The van der Waals surface area contributed by atoms with Crippen LogP contribution in [0.5, 0.6) is 0 Å². The summed E-state index contributed by atoms with van der Waals surface area (Å²) in [7, 11) is 0. The van der Waals surface area contributed by atoms with Crippen molar-refractivity contribution in [2.24, 2.45) is 0 Å². The molecule has 1 rings (SSSR count). The van der Waals surface area contributed by atoms with E-state index in [0.29, 0.717) is 12.2 Å². The van der Waals surface area contributed by atoms with Gasteiger partial charge in [0.05, 0.1) is 17.1 Å².